The van der Waals surface area contributed by atoms with E-state index in [1.165, 1.54) is 32.1 Å². The zero-order valence-corrected chi connectivity index (χ0v) is 13.6. The van der Waals surface area contributed by atoms with Crippen LogP contribution in [0.3, 0.4) is 0 Å². The van der Waals surface area contributed by atoms with Crippen molar-refractivity contribution in [3.05, 3.63) is 0 Å². The van der Waals surface area contributed by atoms with Crippen molar-refractivity contribution in [1.82, 2.24) is 0 Å². The minimum absolute atomic E-state index is 0.460. The molecule has 0 heterocycles. The molecule has 12 heavy (non-hydrogen) atoms. The summed E-state index contributed by atoms with van der Waals surface area (Å²) in [5, 5.41) is 0.460. The molecule has 0 aliphatic heterocycles. The Bertz CT molecular complexity index is 133. The van der Waals surface area contributed by atoms with Crippen molar-refractivity contribution in [2.75, 3.05) is 0 Å². The van der Waals surface area contributed by atoms with Crippen LogP contribution in [0.25, 0.3) is 0 Å². The molecule has 1 rings (SSSR count). The van der Waals surface area contributed by atoms with Gasteiger partial charge in [-0.05, 0) is 12.8 Å². The van der Waals surface area contributed by atoms with Gasteiger partial charge in [-0.15, -0.1) is 0 Å². The molecule has 0 aromatic heterocycles. The van der Waals surface area contributed by atoms with Crippen molar-refractivity contribution in [2.24, 2.45) is 0 Å². The molecule has 0 bridgehead atoms. The lowest BCUT2D eigenvalue weighted by molar-refractivity contribution is 0.317. The zero-order chi connectivity index (χ0) is 9.03. The summed E-state index contributed by atoms with van der Waals surface area (Å²) < 4.78 is 11.3. The summed E-state index contributed by atoms with van der Waals surface area (Å²) in [5.41, 5.74) is 0. The van der Waals surface area contributed by atoms with Gasteiger partial charge in [0.25, 0.3) is 0 Å². The Labute approximate surface area is 83.0 Å². The van der Waals surface area contributed by atoms with Crippen LogP contribution < -0.4 is 0 Å². The molecule has 0 amide bonds. The van der Waals surface area contributed by atoms with Gasteiger partial charge in [-0.3, -0.25) is 0 Å². The molecule has 0 atom stereocenters. The van der Waals surface area contributed by atoms with E-state index < -0.39 is 9.28 Å². The molecular weight excluding hydrogens is 200 g/mol. The average Bonchev–Trinajstić information content (AvgIpc) is 2.07. The highest BCUT2D eigenvalue weighted by atomic mass is 28.4. The molecule has 72 valence electrons. The molecule has 0 radical (unpaired) electrons. The second-order valence-corrected chi connectivity index (χ2v) is 9.85. The SMILES string of the molecule is CC1([SiH](O[SiH3])O[SiH3])CCCCC1. The minimum atomic E-state index is -1.27. The maximum atomic E-state index is 5.63. The van der Waals surface area contributed by atoms with Crippen LogP contribution in [0.15, 0.2) is 0 Å². The normalized spacial score (nSPS) is 25.8. The lowest BCUT2D eigenvalue weighted by Gasteiger charge is -2.37. The molecule has 1 saturated carbocycles. The van der Waals surface area contributed by atoms with Gasteiger partial charge >= 0.3 is 9.28 Å². The molecule has 0 N–H and O–H groups in total. The predicted molar refractivity (Wildman–Crippen MR) is 60.6 cm³/mol. The van der Waals surface area contributed by atoms with Crippen LogP contribution in [-0.4, -0.2) is 30.3 Å². The standard InChI is InChI=1S/C7H20O2Si3/c1-7(12(8-10)9-11)5-3-2-4-6-7/h12H,2-6H2,1,10-11H3. The maximum Gasteiger partial charge on any atom is 0.305 e. The second-order valence-electron chi connectivity index (χ2n) is 4.02. The van der Waals surface area contributed by atoms with E-state index in [1.54, 1.807) is 0 Å². The number of rotatable bonds is 3. The van der Waals surface area contributed by atoms with E-state index in [1.807, 2.05) is 0 Å². The lowest BCUT2D eigenvalue weighted by Crippen LogP contribution is -2.37. The number of hydrogen-bond acceptors (Lipinski definition) is 2. The zero-order valence-electron chi connectivity index (χ0n) is 8.43. The van der Waals surface area contributed by atoms with E-state index in [0.29, 0.717) is 5.04 Å². The van der Waals surface area contributed by atoms with Gasteiger partial charge in [-0.25, -0.2) is 0 Å². The molecule has 0 unspecified atom stereocenters. The Balaban J connectivity index is 2.53. The molecular formula is C7H20O2Si3. The Morgan fingerprint density at radius 3 is 2.00 bits per heavy atom. The van der Waals surface area contributed by atoms with Crippen molar-refractivity contribution in [3.63, 3.8) is 0 Å². The molecule has 0 aromatic rings. The van der Waals surface area contributed by atoms with Gasteiger partial charge in [0.1, 0.15) is 21.0 Å². The topological polar surface area (TPSA) is 18.5 Å². The van der Waals surface area contributed by atoms with Crippen LogP contribution in [-0.2, 0) is 8.23 Å². The summed E-state index contributed by atoms with van der Waals surface area (Å²) in [7, 11) is 0.450. The Morgan fingerprint density at radius 2 is 1.58 bits per heavy atom. The molecule has 2 nitrogen and oxygen atoms in total. The van der Waals surface area contributed by atoms with E-state index in [9.17, 15) is 0 Å². The summed E-state index contributed by atoms with van der Waals surface area (Å²) in [6.45, 7) is 2.37. The Hall–Kier alpha value is 0.571. The molecule has 0 spiro atoms. The van der Waals surface area contributed by atoms with Crippen molar-refractivity contribution < 1.29 is 8.23 Å². The van der Waals surface area contributed by atoms with Gasteiger partial charge in [-0.2, -0.15) is 0 Å². The second kappa shape index (κ2) is 4.71. The average molecular weight is 220 g/mol. The van der Waals surface area contributed by atoms with E-state index in [0.717, 1.165) is 21.0 Å². The van der Waals surface area contributed by atoms with Gasteiger partial charge in [-0.1, -0.05) is 26.2 Å². The van der Waals surface area contributed by atoms with Gasteiger partial charge < -0.3 is 8.23 Å². The van der Waals surface area contributed by atoms with E-state index in [-0.39, 0.29) is 0 Å². The first-order valence-electron chi connectivity index (χ1n) is 4.78. The fraction of sp³-hybridized carbons (Fsp3) is 1.00. The summed E-state index contributed by atoms with van der Waals surface area (Å²) in [6.07, 6.45) is 6.87. The summed E-state index contributed by atoms with van der Waals surface area (Å²) >= 11 is 0. The lowest BCUT2D eigenvalue weighted by atomic mass is 9.90. The third kappa shape index (κ3) is 2.29. The largest absolute Gasteiger partial charge is 0.447 e. The van der Waals surface area contributed by atoms with E-state index in [2.05, 4.69) is 6.92 Å². The van der Waals surface area contributed by atoms with Crippen LogP contribution in [0.1, 0.15) is 39.0 Å². The molecule has 0 aromatic carbocycles. The summed E-state index contributed by atoms with van der Waals surface area (Å²) in [4.78, 5) is 0. The molecule has 0 saturated heterocycles. The molecule has 1 fully saturated rings. The minimum Gasteiger partial charge on any atom is -0.447 e. The fourth-order valence-electron chi connectivity index (χ4n) is 2.26. The smallest absolute Gasteiger partial charge is 0.305 e. The fourth-order valence-corrected chi connectivity index (χ4v) is 10.2. The first-order chi connectivity index (χ1) is 5.73. The van der Waals surface area contributed by atoms with Crippen LogP contribution in [0, 0.1) is 0 Å². The highest BCUT2D eigenvalue weighted by Gasteiger charge is 2.37. The summed E-state index contributed by atoms with van der Waals surface area (Å²) in [5.74, 6) is 0. The van der Waals surface area contributed by atoms with Gasteiger partial charge in [0, 0.05) is 5.04 Å². The maximum absolute atomic E-state index is 5.63. The third-order valence-electron chi connectivity index (χ3n) is 2.99. The van der Waals surface area contributed by atoms with Crippen molar-refractivity contribution in [3.8, 4) is 0 Å². The first-order valence-corrected chi connectivity index (χ1v) is 7.94. The molecule has 1 aliphatic carbocycles. The van der Waals surface area contributed by atoms with E-state index in [4.69, 9.17) is 8.23 Å². The van der Waals surface area contributed by atoms with Crippen molar-refractivity contribution in [1.29, 1.82) is 0 Å². The predicted octanol–water partition coefficient (Wildman–Crippen LogP) is -0.475. The van der Waals surface area contributed by atoms with Crippen LogP contribution >= 0.6 is 0 Å². The van der Waals surface area contributed by atoms with Gasteiger partial charge in [0.05, 0.1) is 0 Å². The van der Waals surface area contributed by atoms with Crippen LogP contribution in [0.2, 0.25) is 5.04 Å². The van der Waals surface area contributed by atoms with Crippen LogP contribution in [0.4, 0.5) is 0 Å². The molecule has 1 aliphatic rings. The monoisotopic (exact) mass is 220 g/mol. The number of hydrogen-bond donors (Lipinski definition) is 0. The van der Waals surface area contributed by atoms with Crippen LogP contribution in [0.5, 0.6) is 0 Å². The molecule has 5 heteroatoms. The highest BCUT2D eigenvalue weighted by molar-refractivity contribution is 6.56. The van der Waals surface area contributed by atoms with E-state index >= 15 is 0 Å². The summed E-state index contributed by atoms with van der Waals surface area (Å²) in [6, 6.07) is 0. The third-order valence-corrected chi connectivity index (χ3v) is 8.13. The quantitative estimate of drug-likeness (QED) is 0.599. The highest BCUT2D eigenvalue weighted by Crippen LogP contribution is 2.44. The first kappa shape index (κ1) is 10.7. The Morgan fingerprint density at radius 1 is 1.08 bits per heavy atom. The Kier molecular flexibility index (Phi) is 4.18. The van der Waals surface area contributed by atoms with Gasteiger partial charge in [0.2, 0.25) is 0 Å². The van der Waals surface area contributed by atoms with Crippen molar-refractivity contribution >= 4 is 30.3 Å². The van der Waals surface area contributed by atoms with Crippen molar-refractivity contribution in [2.45, 2.75) is 44.1 Å². The van der Waals surface area contributed by atoms with Gasteiger partial charge in [0.15, 0.2) is 0 Å².